The van der Waals surface area contributed by atoms with E-state index >= 15 is 0 Å². The number of carbonyl (C=O) groups is 1. The average molecular weight is 298 g/mol. The number of amides is 1. The summed E-state index contributed by atoms with van der Waals surface area (Å²) in [5.74, 6) is 0.403. The van der Waals surface area contributed by atoms with Crippen molar-refractivity contribution < 1.29 is 9.53 Å². The third-order valence-electron chi connectivity index (χ3n) is 4.32. The summed E-state index contributed by atoms with van der Waals surface area (Å²) in [5, 5.41) is 5.03. The first-order valence-corrected chi connectivity index (χ1v) is 8.02. The summed E-state index contributed by atoms with van der Waals surface area (Å²) in [6.45, 7) is 0. The minimum atomic E-state index is -0.101. The van der Waals surface area contributed by atoms with Gasteiger partial charge in [0.25, 0.3) is 5.91 Å². The van der Waals surface area contributed by atoms with E-state index in [0.717, 1.165) is 23.6 Å². The highest BCUT2D eigenvalue weighted by Gasteiger charge is 2.18. The Morgan fingerprint density at radius 1 is 1.18 bits per heavy atom. The molecule has 1 aliphatic rings. The molecule has 0 bridgehead atoms. The molecular weight excluding hydrogens is 276 g/mol. The Morgan fingerprint density at radius 2 is 1.91 bits per heavy atom. The Morgan fingerprint density at radius 3 is 2.64 bits per heavy atom. The van der Waals surface area contributed by atoms with Gasteiger partial charge in [0, 0.05) is 11.4 Å². The van der Waals surface area contributed by atoms with Gasteiger partial charge in [0.15, 0.2) is 0 Å². The van der Waals surface area contributed by atoms with Crippen molar-refractivity contribution in [3.63, 3.8) is 0 Å². The second-order valence-corrected chi connectivity index (χ2v) is 5.90. The summed E-state index contributed by atoms with van der Waals surface area (Å²) < 4.78 is 5.34. The van der Waals surface area contributed by atoms with Crippen LogP contribution in [-0.2, 0) is 0 Å². The monoisotopic (exact) mass is 298 g/mol. The highest BCUT2D eigenvalue weighted by molar-refractivity contribution is 5.98. The van der Waals surface area contributed by atoms with E-state index in [-0.39, 0.29) is 11.9 Å². The molecule has 4 heteroatoms. The molecule has 1 N–H and O–H groups in total. The average Bonchev–Trinajstić information content (AvgIpc) is 2.82. The lowest BCUT2D eigenvalue weighted by Crippen LogP contribution is -2.34. The molecule has 2 aromatic rings. The smallest absolute Gasteiger partial charge is 0.270 e. The van der Waals surface area contributed by atoms with E-state index in [4.69, 9.17) is 4.74 Å². The third-order valence-corrected chi connectivity index (χ3v) is 4.32. The number of benzene rings is 1. The number of nitrogens with zero attached hydrogens (tertiary/aromatic N) is 1. The van der Waals surface area contributed by atoms with Crippen LogP contribution in [0.5, 0.6) is 5.88 Å². The lowest BCUT2D eigenvalue weighted by molar-refractivity contribution is 0.0927. The molecule has 0 radical (unpaired) electrons. The van der Waals surface area contributed by atoms with Crippen molar-refractivity contribution in [3.8, 4) is 5.88 Å². The number of nitrogens with one attached hydrogen (secondary N) is 1. The lowest BCUT2D eigenvalue weighted by Gasteiger charge is -2.16. The second kappa shape index (κ2) is 6.77. The number of fused-ring (bicyclic) bond motifs is 1. The summed E-state index contributed by atoms with van der Waals surface area (Å²) in [7, 11) is 1.59. The van der Waals surface area contributed by atoms with Crippen LogP contribution in [0.1, 0.15) is 49.0 Å². The first-order valence-electron chi connectivity index (χ1n) is 8.02. The largest absolute Gasteiger partial charge is 0.481 e. The first-order chi connectivity index (χ1) is 10.8. The number of hydrogen-bond donors (Lipinski definition) is 1. The number of rotatable bonds is 3. The Labute approximate surface area is 130 Å². The Kier molecular flexibility index (Phi) is 4.56. The normalized spacial score (nSPS) is 16.2. The number of pyridine rings is 1. The molecule has 3 rings (SSSR count). The fourth-order valence-electron chi connectivity index (χ4n) is 3.12. The molecule has 1 aromatic carbocycles. The minimum Gasteiger partial charge on any atom is -0.481 e. The van der Waals surface area contributed by atoms with Crippen molar-refractivity contribution in [2.24, 2.45) is 0 Å². The fourth-order valence-corrected chi connectivity index (χ4v) is 3.12. The molecule has 0 spiro atoms. The maximum atomic E-state index is 12.5. The lowest BCUT2D eigenvalue weighted by atomic mass is 10.1. The zero-order valence-corrected chi connectivity index (χ0v) is 13.0. The molecule has 0 unspecified atom stereocenters. The number of aromatic nitrogens is 1. The van der Waals surface area contributed by atoms with Crippen molar-refractivity contribution in [3.05, 3.63) is 36.0 Å². The van der Waals surface area contributed by atoms with Crippen LogP contribution in [0.2, 0.25) is 0 Å². The number of hydrogen-bond acceptors (Lipinski definition) is 3. The van der Waals surface area contributed by atoms with Gasteiger partial charge in [-0.15, -0.1) is 0 Å². The predicted molar refractivity (Wildman–Crippen MR) is 87.3 cm³/mol. The van der Waals surface area contributed by atoms with Crippen molar-refractivity contribution in [2.45, 2.75) is 44.6 Å². The summed E-state index contributed by atoms with van der Waals surface area (Å²) in [6, 6.07) is 9.93. The molecule has 4 nitrogen and oxygen atoms in total. The molecule has 116 valence electrons. The Hall–Kier alpha value is -2.10. The molecule has 1 saturated carbocycles. The molecule has 0 saturated heterocycles. The van der Waals surface area contributed by atoms with Crippen molar-refractivity contribution in [2.75, 3.05) is 7.11 Å². The standard InChI is InChI=1S/C18H22N2O2/c1-22-18-15-11-7-6-8-13(15)12-16(20-18)17(21)19-14-9-4-2-3-5-10-14/h6-8,11-12,14H,2-5,9-10H2,1H3,(H,19,21). The van der Waals surface area contributed by atoms with E-state index in [1.54, 1.807) is 7.11 Å². The van der Waals surface area contributed by atoms with Crippen LogP contribution >= 0.6 is 0 Å². The Balaban J connectivity index is 1.84. The van der Waals surface area contributed by atoms with Crippen LogP contribution in [0.15, 0.2) is 30.3 Å². The zero-order chi connectivity index (χ0) is 15.4. The number of carbonyl (C=O) groups excluding carboxylic acids is 1. The maximum Gasteiger partial charge on any atom is 0.270 e. The molecule has 1 aromatic heterocycles. The van der Waals surface area contributed by atoms with Gasteiger partial charge in [-0.2, -0.15) is 0 Å². The van der Waals surface area contributed by atoms with Gasteiger partial charge in [-0.1, -0.05) is 43.9 Å². The van der Waals surface area contributed by atoms with Gasteiger partial charge in [-0.3, -0.25) is 4.79 Å². The van der Waals surface area contributed by atoms with E-state index in [0.29, 0.717) is 11.6 Å². The minimum absolute atomic E-state index is 0.101. The van der Waals surface area contributed by atoms with Crippen LogP contribution in [0, 0.1) is 0 Å². The van der Waals surface area contributed by atoms with E-state index in [9.17, 15) is 4.79 Å². The van der Waals surface area contributed by atoms with E-state index in [2.05, 4.69) is 10.3 Å². The predicted octanol–water partition coefficient (Wildman–Crippen LogP) is 3.70. The van der Waals surface area contributed by atoms with Crippen molar-refractivity contribution in [1.29, 1.82) is 0 Å². The van der Waals surface area contributed by atoms with E-state index in [1.165, 1.54) is 25.7 Å². The highest BCUT2D eigenvalue weighted by Crippen LogP contribution is 2.24. The third kappa shape index (κ3) is 3.21. The second-order valence-electron chi connectivity index (χ2n) is 5.90. The van der Waals surface area contributed by atoms with Crippen molar-refractivity contribution in [1.82, 2.24) is 10.3 Å². The van der Waals surface area contributed by atoms with Gasteiger partial charge in [0.2, 0.25) is 5.88 Å². The number of methoxy groups -OCH3 is 1. The van der Waals surface area contributed by atoms with Gasteiger partial charge in [-0.25, -0.2) is 4.98 Å². The molecule has 1 amide bonds. The summed E-state index contributed by atoms with van der Waals surface area (Å²) >= 11 is 0. The van der Waals surface area contributed by atoms with Crippen LogP contribution in [0.25, 0.3) is 10.8 Å². The van der Waals surface area contributed by atoms with Crippen molar-refractivity contribution >= 4 is 16.7 Å². The van der Waals surface area contributed by atoms with E-state index < -0.39 is 0 Å². The molecular formula is C18H22N2O2. The highest BCUT2D eigenvalue weighted by atomic mass is 16.5. The van der Waals surface area contributed by atoms with Crippen LogP contribution in [-0.4, -0.2) is 24.0 Å². The topological polar surface area (TPSA) is 51.2 Å². The molecule has 22 heavy (non-hydrogen) atoms. The Bertz CT molecular complexity index is 661. The summed E-state index contributed by atoms with van der Waals surface area (Å²) in [4.78, 5) is 16.9. The summed E-state index contributed by atoms with van der Waals surface area (Å²) in [6.07, 6.45) is 7.06. The van der Waals surface area contributed by atoms with Gasteiger partial charge in [0.05, 0.1) is 7.11 Å². The molecule has 0 aliphatic heterocycles. The molecule has 0 atom stereocenters. The van der Waals surface area contributed by atoms with Gasteiger partial charge >= 0.3 is 0 Å². The first kappa shape index (κ1) is 14.8. The number of ether oxygens (including phenoxy) is 1. The van der Waals surface area contributed by atoms with E-state index in [1.807, 2.05) is 30.3 Å². The molecule has 1 fully saturated rings. The van der Waals surface area contributed by atoms with Crippen LogP contribution < -0.4 is 10.1 Å². The van der Waals surface area contributed by atoms with Gasteiger partial charge in [-0.05, 0) is 30.4 Å². The molecule has 1 aliphatic carbocycles. The maximum absolute atomic E-state index is 12.5. The fraction of sp³-hybridized carbons (Fsp3) is 0.444. The van der Waals surface area contributed by atoms with Crippen LogP contribution in [0.3, 0.4) is 0 Å². The quantitative estimate of drug-likeness (QED) is 0.879. The molecule has 1 heterocycles. The van der Waals surface area contributed by atoms with Crippen LogP contribution in [0.4, 0.5) is 0 Å². The SMILES string of the molecule is COc1nc(C(=O)NC2CCCCCC2)cc2ccccc12. The summed E-state index contributed by atoms with van der Waals surface area (Å²) in [5.41, 5.74) is 0.430. The zero-order valence-electron chi connectivity index (χ0n) is 13.0. The van der Waals surface area contributed by atoms with Gasteiger partial charge < -0.3 is 10.1 Å². The van der Waals surface area contributed by atoms with Gasteiger partial charge in [0.1, 0.15) is 5.69 Å².